The summed E-state index contributed by atoms with van der Waals surface area (Å²) in [5.41, 5.74) is 1.06. The molecule has 1 aromatic rings. The van der Waals surface area contributed by atoms with Crippen molar-refractivity contribution < 1.29 is 27.5 Å². The molecule has 0 unspecified atom stereocenters. The molecule has 8 heteroatoms. The van der Waals surface area contributed by atoms with Crippen LogP contribution < -0.4 is 10.1 Å². The van der Waals surface area contributed by atoms with Gasteiger partial charge in [0.25, 0.3) is 0 Å². The molecule has 24 heavy (non-hydrogen) atoms. The fourth-order valence-corrected chi connectivity index (χ4v) is 3.04. The summed E-state index contributed by atoms with van der Waals surface area (Å²) in [5, 5.41) is 2.68. The van der Waals surface area contributed by atoms with E-state index in [2.05, 4.69) is 5.32 Å². The average molecular weight is 342 g/mol. The maximum absolute atomic E-state index is 12.4. The van der Waals surface area contributed by atoms with Crippen molar-refractivity contribution in [1.82, 2.24) is 10.2 Å². The van der Waals surface area contributed by atoms with Crippen LogP contribution in [0, 0.1) is 5.92 Å². The number of benzene rings is 1. The summed E-state index contributed by atoms with van der Waals surface area (Å²) in [7, 11) is 0. The number of carbonyl (C=O) groups is 2. The van der Waals surface area contributed by atoms with Crippen LogP contribution in [-0.2, 0) is 16.0 Å². The maximum Gasteiger partial charge on any atom is 0.406 e. The van der Waals surface area contributed by atoms with Gasteiger partial charge < -0.3 is 15.0 Å². The predicted octanol–water partition coefficient (Wildman–Crippen LogP) is 1.52. The highest BCUT2D eigenvalue weighted by atomic mass is 19.4. The number of alkyl halides is 3. The van der Waals surface area contributed by atoms with Crippen LogP contribution in [0.25, 0.3) is 0 Å². The van der Waals surface area contributed by atoms with E-state index in [1.807, 2.05) is 24.3 Å². The van der Waals surface area contributed by atoms with E-state index in [0.717, 1.165) is 11.3 Å². The second-order valence-corrected chi connectivity index (χ2v) is 6.09. The Morgan fingerprint density at radius 2 is 2.04 bits per heavy atom. The second-order valence-electron chi connectivity index (χ2n) is 6.09. The number of likely N-dealkylation sites (tertiary alicyclic amines) is 1. The minimum atomic E-state index is -4.45. The van der Waals surface area contributed by atoms with Gasteiger partial charge in [0.2, 0.25) is 11.8 Å². The molecular weight excluding hydrogens is 325 g/mol. The van der Waals surface area contributed by atoms with Gasteiger partial charge in [-0.3, -0.25) is 9.59 Å². The monoisotopic (exact) mass is 342 g/mol. The first kappa shape index (κ1) is 16.6. The third-order valence-electron chi connectivity index (χ3n) is 4.17. The lowest BCUT2D eigenvalue weighted by Crippen LogP contribution is -2.40. The van der Waals surface area contributed by atoms with Crippen LogP contribution in [0.2, 0.25) is 0 Å². The van der Waals surface area contributed by atoms with Crippen molar-refractivity contribution in [2.24, 2.45) is 5.92 Å². The van der Waals surface area contributed by atoms with Crippen LogP contribution in [0.1, 0.15) is 12.0 Å². The zero-order valence-electron chi connectivity index (χ0n) is 12.8. The van der Waals surface area contributed by atoms with Crippen molar-refractivity contribution in [1.29, 1.82) is 0 Å². The summed E-state index contributed by atoms with van der Waals surface area (Å²) in [6.07, 6.45) is -4.17. The Hall–Kier alpha value is -2.25. The molecule has 5 nitrogen and oxygen atoms in total. The summed E-state index contributed by atoms with van der Waals surface area (Å²) in [6, 6.07) is 7.56. The van der Waals surface area contributed by atoms with E-state index < -0.39 is 30.5 Å². The predicted molar refractivity (Wildman–Crippen MR) is 78.3 cm³/mol. The van der Waals surface area contributed by atoms with Crippen molar-refractivity contribution in [3.05, 3.63) is 29.8 Å². The number of amides is 2. The topological polar surface area (TPSA) is 58.6 Å². The molecule has 0 bridgehead atoms. The van der Waals surface area contributed by atoms with Gasteiger partial charge in [-0.05, 0) is 11.6 Å². The summed E-state index contributed by atoms with van der Waals surface area (Å²) in [6.45, 7) is -1.25. The average Bonchev–Trinajstić information content (AvgIpc) is 3.07. The molecule has 1 aromatic carbocycles. The first-order chi connectivity index (χ1) is 11.3. The molecule has 0 spiro atoms. The number of fused-ring (bicyclic) bond motifs is 1. The number of ether oxygens (including phenoxy) is 1. The summed E-state index contributed by atoms with van der Waals surface area (Å²) in [5.74, 6) is -1.02. The van der Waals surface area contributed by atoms with Crippen LogP contribution in [0.4, 0.5) is 13.2 Å². The minimum Gasteiger partial charge on any atom is -0.488 e. The van der Waals surface area contributed by atoms with Gasteiger partial charge in [0.05, 0.1) is 12.5 Å². The number of rotatable bonds is 4. The van der Waals surface area contributed by atoms with Gasteiger partial charge in [-0.1, -0.05) is 18.2 Å². The molecule has 2 aliphatic rings. The molecule has 3 rings (SSSR count). The molecule has 2 amide bonds. The lowest BCUT2D eigenvalue weighted by molar-refractivity contribution is -0.157. The molecule has 2 aliphatic heterocycles. The molecule has 130 valence electrons. The number of hydrogen-bond acceptors (Lipinski definition) is 3. The normalized spacial score (nSPS) is 23.1. The highest BCUT2D eigenvalue weighted by molar-refractivity contribution is 5.89. The zero-order valence-corrected chi connectivity index (χ0v) is 12.8. The van der Waals surface area contributed by atoms with E-state index in [1.165, 1.54) is 0 Å². The van der Waals surface area contributed by atoms with Crippen LogP contribution in [0.15, 0.2) is 24.3 Å². The second kappa shape index (κ2) is 6.33. The van der Waals surface area contributed by atoms with Gasteiger partial charge in [-0.2, -0.15) is 13.2 Å². The van der Waals surface area contributed by atoms with Gasteiger partial charge in [0.1, 0.15) is 18.4 Å². The van der Waals surface area contributed by atoms with Crippen LogP contribution in [0.3, 0.4) is 0 Å². The molecule has 0 aromatic heterocycles. The molecule has 2 atom stereocenters. The van der Waals surface area contributed by atoms with Crippen LogP contribution >= 0.6 is 0 Å². The number of nitrogens with one attached hydrogen (secondary N) is 1. The van der Waals surface area contributed by atoms with Gasteiger partial charge in [0, 0.05) is 19.4 Å². The highest BCUT2D eigenvalue weighted by Gasteiger charge is 2.40. The number of hydrogen-bond donors (Lipinski definition) is 1. The first-order valence-electron chi connectivity index (χ1n) is 7.68. The van der Waals surface area contributed by atoms with Crippen molar-refractivity contribution >= 4 is 11.8 Å². The quantitative estimate of drug-likeness (QED) is 0.903. The molecular formula is C16H17F3N2O3. The standard InChI is InChI=1S/C16H17F3N2O3/c17-16(18,19)9-21-8-11(6-14(21)22)15(23)20-7-12-5-10-3-1-2-4-13(10)24-12/h1-4,11-12H,5-9H2,(H,20,23)/t11-,12-/m1/s1. The zero-order chi connectivity index (χ0) is 17.3. The number of carbonyl (C=O) groups excluding carboxylic acids is 2. The Morgan fingerprint density at radius 1 is 1.29 bits per heavy atom. The largest absolute Gasteiger partial charge is 0.488 e. The minimum absolute atomic E-state index is 0.187. The smallest absolute Gasteiger partial charge is 0.406 e. The maximum atomic E-state index is 12.4. The van der Waals surface area contributed by atoms with Gasteiger partial charge >= 0.3 is 6.18 Å². The third-order valence-corrected chi connectivity index (χ3v) is 4.17. The highest BCUT2D eigenvalue weighted by Crippen LogP contribution is 2.28. The third kappa shape index (κ3) is 3.80. The van der Waals surface area contributed by atoms with E-state index in [1.54, 1.807) is 0 Å². The number of nitrogens with zero attached hydrogens (tertiary/aromatic N) is 1. The Morgan fingerprint density at radius 3 is 2.75 bits per heavy atom. The number of para-hydroxylation sites is 1. The van der Waals surface area contributed by atoms with E-state index in [-0.39, 0.29) is 25.6 Å². The van der Waals surface area contributed by atoms with Crippen molar-refractivity contribution in [3.63, 3.8) is 0 Å². The van der Waals surface area contributed by atoms with Gasteiger partial charge in [-0.15, -0.1) is 0 Å². The van der Waals surface area contributed by atoms with Gasteiger partial charge in [-0.25, -0.2) is 0 Å². The molecule has 1 fully saturated rings. The molecule has 2 heterocycles. The van der Waals surface area contributed by atoms with E-state index in [4.69, 9.17) is 4.74 Å². The Balaban J connectivity index is 1.47. The molecule has 1 saturated heterocycles. The van der Waals surface area contributed by atoms with Crippen molar-refractivity contribution in [2.75, 3.05) is 19.6 Å². The number of halogens is 3. The fraction of sp³-hybridized carbons (Fsp3) is 0.500. The summed E-state index contributed by atoms with van der Waals surface area (Å²) >= 11 is 0. The summed E-state index contributed by atoms with van der Waals surface area (Å²) in [4.78, 5) is 24.4. The Labute approximate surface area is 136 Å². The fourth-order valence-electron chi connectivity index (χ4n) is 3.04. The van der Waals surface area contributed by atoms with Gasteiger partial charge in [0.15, 0.2) is 0 Å². The molecule has 0 radical (unpaired) electrons. The van der Waals surface area contributed by atoms with E-state index in [9.17, 15) is 22.8 Å². The molecule has 0 saturated carbocycles. The van der Waals surface area contributed by atoms with Crippen LogP contribution in [0.5, 0.6) is 5.75 Å². The van der Waals surface area contributed by atoms with Crippen molar-refractivity contribution in [3.8, 4) is 5.75 Å². The summed E-state index contributed by atoms with van der Waals surface area (Å²) < 4.78 is 42.8. The Kier molecular flexibility index (Phi) is 4.38. The first-order valence-corrected chi connectivity index (χ1v) is 7.68. The Bertz CT molecular complexity index is 623. The van der Waals surface area contributed by atoms with E-state index >= 15 is 0 Å². The molecule has 0 aliphatic carbocycles. The van der Waals surface area contributed by atoms with Crippen LogP contribution in [-0.4, -0.2) is 48.6 Å². The lowest BCUT2D eigenvalue weighted by Gasteiger charge is -2.18. The SMILES string of the molecule is O=C(NC[C@H]1Cc2ccccc2O1)[C@@H]1CC(=O)N(CC(F)(F)F)C1. The van der Waals surface area contributed by atoms with Crippen molar-refractivity contribution in [2.45, 2.75) is 25.1 Å². The van der Waals surface area contributed by atoms with E-state index in [0.29, 0.717) is 11.3 Å². The molecule has 1 N–H and O–H groups in total. The lowest BCUT2D eigenvalue weighted by atomic mass is 10.1.